The van der Waals surface area contributed by atoms with Crippen molar-refractivity contribution >= 4 is 11.9 Å². The van der Waals surface area contributed by atoms with Gasteiger partial charge in [0.1, 0.15) is 5.75 Å². The first-order chi connectivity index (χ1) is 10.5. The molecule has 0 bridgehead atoms. The number of ether oxygens (including phenoxy) is 2. The first-order valence-electron chi connectivity index (χ1n) is 7.13. The normalized spacial score (nSPS) is 11.2. The fourth-order valence-corrected chi connectivity index (χ4v) is 1.78. The lowest BCUT2D eigenvalue weighted by atomic mass is 10.2. The fourth-order valence-electron chi connectivity index (χ4n) is 1.78. The van der Waals surface area contributed by atoms with Crippen molar-refractivity contribution < 1.29 is 19.1 Å². The van der Waals surface area contributed by atoms with Crippen molar-refractivity contribution in [3.05, 3.63) is 29.8 Å². The van der Waals surface area contributed by atoms with E-state index >= 15 is 0 Å². The lowest BCUT2D eigenvalue weighted by Gasteiger charge is -2.19. The SMILES string of the molecule is CCN(CC)C(=O)COC(=O)[C@H](C)Oc1ccc(C#N)cc1. The summed E-state index contributed by atoms with van der Waals surface area (Å²) in [6, 6.07) is 8.39. The van der Waals surface area contributed by atoms with Crippen LogP contribution < -0.4 is 4.74 Å². The second kappa shape index (κ2) is 8.67. The van der Waals surface area contributed by atoms with Crippen LogP contribution in [0.3, 0.4) is 0 Å². The molecule has 118 valence electrons. The summed E-state index contributed by atoms with van der Waals surface area (Å²) in [6.45, 7) is 6.12. The number of carbonyl (C=O) groups excluding carboxylic acids is 2. The van der Waals surface area contributed by atoms with Crippen LogP contribution in [-0.4, -0.2) is 42.6 Å². The highest BCUT2D eigenvalue weighted by Crippen LogP contribution is 2.13. The van der Waals surface area contributed by atoms with Crippen LogP contribution in [0, 0.1) is 11.3 Å². The van der Waals surface area contributed by atoms with Gasteiger partial charge in [-0.05, 0) is 45.0 Å². The van der Waals surface area contributed by atoms with Gasteiger partial charge in [-0.15, -0.1) is 0 Å². The highest BCUT2D eigenvalue weighted by atomic mass is 16.6. The van der Waals surface area contributed by atoms with Crippen molar-refractivity contribution in [2.45, 2.75) is 26.9 Å². The number of benzene rings is 1. The summed E-state index contributed by atoms with van der Waals surface area (Å²) >= 11 is 0. The van der Waals surface area contributed by atoms with Crippen molar-refractivity contribution in [1.29, 1.82) is 5.26 Å². The molecule has 0 spiro atoms. The van der Waals surface area contributed by atoms with Crippen LogP contribution in [0.2, 0.25) is 0 Å². The van der Waals surface area contributed by atoms with Gasteiger partial charge in [-0.1, -0.05) is 0 Å². The van der Waals surface area contributed by atoms with Gasteiger partial charge in [0.15, 0.2) is 12.7 Å². The molecule has 1 aromatic rings. The van der Waals surface area contributed by atoms with Crippen LogP contribution >= 0.6 is 0 Å². The molecule has 0 aliphatic rings. The van der Waals surface area contributed by atoms with E-state index in [0.717, 1.165) is 0 Å². The van der Waals surface area contributed by atoms with E-state index in [1.54, 1.807) is 36.1 Å². The molecule has 6 nitrogen and oxygen atoms in total. The number of likely N-dealkylation sites (N-methyl/N-ethyl adjacent to an activating group) is 1. The summed E-state index contributed by atoms with van der Waals surface area (Å²) in [7, 11) is 0. The summed E-state index contributed by atoms with van der Waals surface area (Å²) in [5.41, 5.74) is 0.507. The predicted molar refractivity (Wildman–Crippen MR) is 80.1 cm³/mol. The molecule has 6 heteroatoms. The van der Waals surface area contributed by atoms with E-state index in [0.29, 0.717) is 24.4 Å². The van der Waals surface area contributed by atoms with Gasteiger partial charge in [-0.2, -0.15) is 5.26 Å². The lowest BCUT2D eigenvalue weighted by Crippen LogP contribution is -2.36. The van der Waals surface area contributed by atoms with Gasteiger partial charge in [0.05, 0.1) is 11.6 Å². The lowest BCUT2D eigenvalue weighted by molar-refractivity contribution is -0.157. The molecule has 1 amide bonds. The van der Waals surface area contributed by atoms with Crippen LogP contribution in [0.25, 0.3) is 0 Å². The van der Waals surface area contributed by atoms with E-state index in [1.165, 1.54) is 0 Å². The zero-order valence-corrected chi connectivity index (χ0v) is 13.0. The molecule has 0 aliphatic carbocycles. The minimum Gasteiger partial charge on any atom is -0.479 e. The Labute approximate surface area is 130 Å². The molecule has 0 aromatic heterocycles. The Morgan fingerprint density at radius 2 is 1.82 bits per heavy atom. The summed E-state index contributed by atoms with van der Waals surface area (Å²) in [4.78, 5) is 25.1. The van der Waals surface area contributed by atoms with Crippen LogP contribution in [0.4, 0.5) is 0 Å². The van der Waals surface area contributed by atoms with Crippen molar-refractivity contribution in [2.24, 2.45) is 0 Å². The van der Waals surface area contributed by atoms with E-state index in [9.17, 15) is 9.59 Å². The Kier molecular flexibility index (Phi) is 6.90. The molecule has 0 fully saturated rings. The second-order valence-corrected chi connectivity index (χ2v) is 4.57. The van der Waals surface area contributed by atoms with Gasteiger partial charge in [0.2, 0.25) is 0 Å². The van der Waals surface area contributed by atoms with Gasteiger partial charge in [0.25, 0.3) is 5.91 Å². The first kappa shape index (κ1) is 17.5. The molecule has 22 heavy (non-hydrogen) atoms. The first-order valence-corrected chi connectivity index (χ1v) is 7.13. The number of amides is 1. The number of rotatable bonds is 7. The second-order valence-electron chi connectivity index (χ2n) is 4.57. The monoisotopic (exact) mass is 304 g/mol. The number of hydrogen-bond donors (Lipinski definition) is 0. The van der Waals surface area contributed by atoms with Gasteiger partial charge >= 0.3 is 5.97 Å². The van der Waals surface area contributed by atoms with Crippen molar-refractivity contribution in [2.75, 3.05) is 19.7 Å². The quantitative estimate of drug-likeness (QED) is 0.717. The molecular weight excluding hydrogens is 284 g/mol. The summed E-state index contributed by atoms with van der Waals surface area (Å²) in [5.74, 6) is -0.382. The third-order valence-corrected chi connectivity index (χ3v) is 3.08. The van der Waals surface area contributed by atoms with Crippen LogP contribution in [-0.2, 0) is 14.3 Å². The Hall–Kier alpha value is -2.55. The van der Waals surface area contributed by atoms with Crippen LogP contribution in [0.5, 0.6) is 5.75 Å². The molecule has 0 N–H and O–H groups in total. The third-order valence-electron chi connectivity index (χ3n) is 3.08. The minimum absolute atomic E-state index is 0.232. The van der Waals surface area contributed by atoms with E-state index in [-0.39, 0.29) is 12.5 Å². The van der Waals surface area contributed by atoms with E-state index in [4.69, 9.17) is 14.7 Å². The standard InChI is InChI=1S/C16H20N2O4/c1-4-18(5-2)15(19)11-21-16(20)12(3)22-14-8-6-13(10-17)7-9-14/h6-9,12H,4-5,11H2,1-3H3/t12-/m0/s1. The molecule has 0 aliphatic heterocycles. The zero-order valence-electron chi connectivity index (χ0n) is 13.0. The molecule has 0 saturated carbocycles. The summed E-state index contributed by atoms with van der Waals surface area (Å²) < 4.78 is 10.4. The maximum absolute atomic E-state index is 11.8. The molecule has 0 saturated heterocycles. The number of esters is 1. The Bertz CT molecular complexity index is 544. The maximum atomic E-state index is 11.8. The molecule has 0 radical (unpaired) electrons. The van der Waals surface area contributed by atoms with Crippen LogP contribution in [0.1, 0.15) is 26.3 Å². The van der Waals surface area contributed by atoms with Crippen molar-refractivity contribution in [1.82, 2.24) is 4.90 Å². The van der Waals surface area contributed by atoms with Gasteiger partial charge in [-0.25, -0.2) is 4.79 Å². The molecule has 0 heterocycles. The van der Waals surface area contributed by atoms with E-state index < -0.39 is 12.1 Å². The Morgan fingerprint density at radius 3 is 2.32 bits per heavy atom. The van der Waals surface area contributed by atoms with Crippen LogP contribution in [0.15, 0.2) is 24.3 Å². The maximum Gasteiger partial charge on any atom is 0.347 e. The molecule has 0 unspecified atom stereocenters. The molecular formula is C16H20N2O4. The number of carbonyl (C=O) groups is 2. The third kappa shape index (κ3) is 5.09. The highest BCUT2D eigenvalue weighted by Gasteiger charge is 2.19. The fraction of sp³-hybridized carbons (Fsp3) is 0.438. The van der Waals surface area contributed by atoms with E-state index in [1.807, 2.05) is 19.9 Å². The topological polar surface area (TPSA) is 79.6 Å². The summed E-state index contributed by atoms with van der Waals surface area (Å²) in [5, 5.41) is 8.71. The van der Waals surface area contributed by atoms with E-state index in [2.05, 4.69) is 0 Å². The Balaban J connectivity index is 2.48. The number of hydrogen-bond acceptors (Lipinski definition) is 5. The predicted octanol–water partition coefficient (Wildman–Crippen LogP) is 1.74. The van der Waals surface area contributed by atoms with Gasteiger partial charge in [0, 0.05) is 13.1 Å². The average Bonchev–Trinajstić information content (AvgIpc) is 2.54. The zero-order chi connectivity index (χ0) is 16.5. The van der Waals surface area contributed by atoms with Gasteiger partial charge < -0.3 is 14.4 Å². The molecule has 1 atom stereocenters. The Morgan fingerprint density at radius 1 is 1.23 bits per heavy atom. The molecule has 1 rings (SSSR count). The average molecular weight is 304 g/mol. The highest BCUT2D eigenvalue weighted by molar-refractivity contribution is 5.82. The summed E-state index contributed by atoms with van der Waals surface area (Å²) in [6.07, 6.45) is -0.836. The smallest absolute Gasteiger partial charge is 0.347 e. The number of nitrogens with zero attached hydrogens (tertiary/aromatic N) is 2. The molecule has 1 aromatic carbocycles. The minimum atomic E-state index is -0.836. The largest absolute Gasteiger partial charge is 0.479 e. The van der Waals surface area contributed by atoms with Crippen molar-refractivity contribution in [3.8, 4) is 11.8 Å². The van der Waals surface area contributed by atoms with Crippen molar-refractivity contribution in [3.63, 3.8) is 0 Å². The number of nitriles is 1. The van der Waals surface area contributed by atoms with Gasteiger partial charge in [-0.3, -0.25) is 4.79 Å².